The third kappa shape index (κ3) is 3.09. The van der Waals surface area contributed by atoms with Crippen LogP contribution in [0.1, 0.15) is 25.7 Å². The van der Waals surface area contributed by atoms with Gasteiger partial charge in [0.25, 0.3) is 5.22 Å². The minimum atomic E-state index is 0.649. The van der Waals surface area contributed by atoms with Crippen LogP contribution >= 0.6 is 24.0 Å². The first-order valence-electron chi connectivity index (χ1n) is 6.65. The van der Waals surface area contributed by atoms with Crippen molar-refractivity contribution in [3.05, 3.63) is 24.3 Å². The molecule has 1 fully saturated rings. The van der Waals surface area contributed by atoms with Gasteiger partial charge in [0.05, 0.1) is 0 Å². The van der Waals surface area contributed by atoms with Gasteiger partial charge in [-0.3, -0.25) is 0 Å². The second-order valence-corrected chi connectivity index (χ2v) is 6.30. The summed E-state index contributed by atoms with van der Waals surface area (Å²) in [5.74, 6) is 0. The fraction of sp³-hybridized carbons (Fsp3) is 0.429. The number of aromatic nitrogens is 1. The lowest BCUT2D eigenvalue weighted by Crippen LogP contribution is -2.28. The molecule has 1 aromatic heterocycles. The fourth-order valence-electron chi connectivity index (χ4n) is 2.29. The van der Waals surface area contributed by atoms with Crippen LogP contribution < -0.4 is 0 Å². The summed E-state index contributed by atoms with van der Waals surface area (Å²) in [5, 5.41) is 0.649. The molecule has 0 N–H and O–H groups in total. The molecule has 0 radical (unpaired) electrons. The molecule has 0 bridgehead atoms. The lowest BCUT2D eigenvalue weighted by molar-refractivity contribution is 0.448. The third-order valence-corrected chi connectivity index (χ3v) is 4.60. The molecule has 100 valence electrons. The van der Waals surface area contributed by atoms with Crippen LogP contribution in [0.25, 0.3) is 11.1 Å². The normalized spacial score (nSPS) is 16.5. The highest BCUT2D eigenvalue weighted by atomic mass is 32.2. The summed E-state index contributed by atoms with van der Waals surface area (Å²) in [4.78, 5) is 6.73. The minimum absolute atomic E-state index is 0.649. The molecule has 1 aliphatic rings. The van der Waals surface area contributed by atoms with E-state index in [1.165, 1.54) is 37.4 Å². The highest BCUT2D eigenvalue weighted by molar-refractivity contribution is 8.22. The lowest BCUT2D eigenvalue weighted by Gasteiger charge is -2.21. The van der Waals surface area contributed by atoms with Gasteiger partial charge >= 0.3 is 0 Å². The van der Waals surface area contributed by atoms with E-state index in [-0.39, 0.29) is 0 Å². The Bertz CT molecular complexity index is 541. The van der Waals surface area contributed by atoms with Crippen molar-refractivity contribution in [1.82, 2.24) is 9.88 Å². The Labute approximate surface area is 122 Å². The van der Waals surface area contributed by atoms with Gasteiger partial charge in [-0.2, -0.15) is 0 Å². The fourth-order valence-corrected chi connectivity index (χ4v) is 3.42. The van der Waals surface area contributed by atoms with Crippen LogP contribution in [-0.4, -0.2) is 27.3 Å². The van der Waals surface area contributed by atoms with Crippen LogP contribution in [0.4, 0.5) is 0 Å². The van der Waals surface area contributed by atoms with Gasteiger partial charge in [0.2, 0.25) is 0 Å². The number of oxazole rings is 1. The van der Waals surface area contributed by atoms with Crippen LogP contribution in [-0.2, 0) is 0 Å². The Balaban J connectivity index is 1.71. The van der Waals surface area contributed by atoms with Crippen molar-refractivity contribution in [3.63, 3.8) is 0 Å². The molecule has 2 aromatic rings. The SMILES string of the molecule is S=C(Sc1nc2ccccc2o1)N1CCCCCC1. The summed E-state index contributed by atoms with van der Waals surface area (Å²) in [5.41, 5.74) is 1.72. The van der Waals surface area contributed by atoms with Gasteiger partial charge in [-0.25, -0.2) is 4.98 Å². The highest BCUT2D eigenvalue weighted by Crippen LogP contribution is 2.26. The van der Waals surface area contributed by atoms with Gasteiger partial charge in [0.1, 0.15) is 9.84 Å². The average Bonchev–Trinajstić information content (AvgIpc) is 2.63. The van der Waals surface area contributed by atoms with E-state index in [0.717, 1.165) is 28.5 Å². The van der Waals surface area contributed by atoms with Gasteiger partial charge in [-0.05, 0) is 36.7 Å². The average molecular weight is 292 g/mol. The first-order valence-corrected chi connectivity index (χ1v) is 7.88. The first-order chi connectivity index (χ1) is 9.33. The van der Waals surface area contributed by atoms with E-state index in [1.807, 2.05) is 24.3 Å². The van der Waals surface area contributed by atoms with E-state index in [0.29, 0.717) is 5.22 Å². The molecule has 2 heterocycles. The molecule has 1 aromatic carbocycles. The number of fused-ring (bicyclic) bond motifs is 1. The standard InChI is InChI=1S/C14H16N2OS2/c18-14(16-9-5-1-2-6-10-16)19-13-15-11-7-3-4-8-12(11)17-13/h3-4,7-8H,1-2,5-6,9-10H2. The van der Waals surface area contributed by atoms with Crippen molar-refractivity contribution in [1.29, 1.82) is 0 Å². The molecular formula is C14H16N2OS2. The zero-order chi connectivity index (χ0) is 13.1. The lowest BCUT2D eigenvalue weighted by atomic mass is 10.2. The smallest absolute Gasteiger partial charge is 0.263 e. The van der Waals surface area contributed by atoms with Crippen LogP contribution in [0.3, 0.4) is 0 Å². The zero-order valence-corrected chi connectivity index (χ0v) is 12.3. The summed E-state index contributed by atoms with van der Waals surface area (Å²) in [6.07, 6.45) is 5.09. The predicted octanol–water partition coefficient (Wildman–Crippen LogP) is 4.08. The van der Waals surface area contributed by atoms with E-state index in [9.17, 15) is 0 Å². The van der Waals surface area contributed by atoms with E-state index >= 15 is 0 Å². The van der Waals surface area contributed by atoms with Crippen molar-refractivity contribution in [2.75, 3.05) is 13.1 Å². The molecule has 19 heavy (non-hydrogen) atoms. The number of thioether (sulfide) groups is 1. The summed E-state index contributed by atoms with van der Waals surface area (Å²) in [7, 11) is 0. The molecule has 0 unspecified atom stereocenters. The second kappa shape index (κ2) is 5.92. The molecule has 3 nitrogen and oxygen atoms in total. The Morgan fingerprint density at radius 2 is 1.89 bits per heavy atom. The van der Waals surface area contributed by atoms with E-state index in [1.54, 1.807) is 0 Å². The van der Waals surface area contributed by atoms with Gasteiger partial charge in [0.15, 0.2) is 5.58 Å². The van der Waals surface area contributed by atoms with Gasteiger partial charge in [0, 0.05) is 13.1 Å². The van der Waals surface area contributed by atoms with E-state index in [4.69, 9.17) is 16.6 Å². The number of nitrogens with zero attached hydrogens (tertiary/aromatic N) is 2. The maximum atomic E-state index is 5.70. The number of rotatable bonds is 1. The topological polar surface area (TPSA) is 29.3 Å². The van der Waals surface area contributed by atoms with Gasteiger partial charge in [-0.1, -0.05) is 37.2 Å². The quantitative estimate of drug-likeness (QED) is 0.583. The number of thiocarbonyl (C=S) groups is 1. The van der Waals surface area contributed by atoms with Crippen molar-refractivity contribution >= 4 is 39.4 Å². The third-order valence-electron chi connectivity index (χ3n) is 3.31. The Morgan fingerprint density at radius 3 is 2.63 bits per heavy atom. The maximum Gasteiger partial charge on any atom is 0.263 e. The number of benzene rings is 1. The monoisotopic (exact) mass is 292 g/mol. The second-order valence-electron chi connectivity index (χ2n) is 4.72. The highest BCUT2D eigenvalue weighted by Gasteiger charge is 2.16. The largest absolute Gasteiger partial charge is 0.431 e. The van der Waals surface area contributed by atoms with Crippen molar-refractivity contribution in [2.45, 2.75) is 30.9 Å². The predicted molar refractivity (Wildman–Crippen MR) is 82.5 cm³/mol. The van der Waals surface area contributed by atoms with Gasteiger partial charge < -0.3 is 9.32 Å². The zero-order valence-electron chi connectivity index (χ0n) is 10.7. The number of likely N-dealkylation sites (tertiary alicyclic amines) is 1. The molecule has 0 spiro atoms. The summed E-state index contributed by atoms with van der Waals surface area (Å²) >= 11 is 6.97. The Hall–Kier alpha value is -1.07. The molecule has 5 heteroatoms. The first kappa shape index (κ1) is 12.9. The Morgan fingerprint density at radius 1 is 1.16 bits per heavy atom. The molecule has 0 atom stereocenters. The molecule has 3 rings (SSSR count). The van der Waals surface area contributed by atoms with Crippen LogP contribution in [0.15, 0.2) is 33.9 Å². The summed E-state index contributed by atoms with van der Waals surface area (Å²) < 4.78 is 6.58. The molecule has 0 aliphatic carbocycles. The number of para-hydroxylation sites is 2. The van der Waals surface area contributed by atoms with Crippen molar-refractivity contribution < 1.29 is 4.42 Å². The molecule has 1 aliphatic heterocycles. The number of hydrogen-bond donors (Lipinski definition) is 0. The van der Waals surface area contributed by atoms with Crippen LogP contribution in [0, 0.1) is 0 Å². The minimum Gasteiger partial charge on any atom is -0.431 e. The van der Waals surface area contributed by atoms with Crippen LogP contribution in [0.2, 0.25) is 0 Å². The molecule has 1 saturated heterocycles. The van der Waals surface area contributed by atoms with Gasteiger partial charge in [-0.15, -0.1) is 0 Å². The maximum absolute atomic E-state index is 5.70. The molecular weight excluding hydrogens is 276 g/mol. The Kier molecular flexibility index (Phi) is 4.03. The van der Waals surface area contributed by atoms with E-state index in [2.05, 4.69) is 9.88 Å². The molecule has 0 saturated carbocycles. The summed E-state index contributed by atoms with van der Waals surface area (Å²) in [6, 6.07) is 7.81. The molecule has 0 amide bonds. The van der Waals surface area contributed by atoms with Crippen molar-refractivity contribution in [3.8, 4) is 0 Å². The van der Waals surface area contributed by atoms with Crippen LogP contribution in [0.5, 0.6) is 0 Å². The summed E-state index contributed by atoms with van der Waals surface area (Å²) in [6.45, 7) is 2.12. The number of hydrogen-bond acceptors (Lipinski definition) is 4. The van der Waals surface area contributed by atoms with Crippen molar-refractivity contribution in [2.24, 2.45) is 0 Å². The van der Waals surface area contributed by atoms with E-state index < -0.39 is 0 Å².